The van der Waals surface area contributed by atoms with Crippen molar-refractivity contribution in [2.45, 2.75) is 85.4 Å². The van der Waals surface area contributed by atoms with Crippen molar-refractivity contribution in [2.24, 2.45) is 28.6 Å². The summed E-state index contributed by atoms with van der Waals surface area (Å²) < 4.78 is 11.3. The van der Waals surface area contributed by atoms with Crippen LogP contribution in [0.2, 0.25) is 0 Å². The fraction of sp³-hybridized carbons (Fsp3) is 0.950. The lowest BCUT2D eigenvalue weighted by Crippen LogP contribution is -2.46. The first-order chi connectivity index (χ1) is 10.8. The molecule has 4 rings (SSSR count). The van der Waals surface area contributed by atoms with Gasteiger partial charge in [-0.3, -0.25) is 4.79 Å². The van der Waals surface area contributed by atoms with Crippen LogP contribution in [0.25, 0.3) is 0 Å². The summed E-state index contributed by atoms with van der Waals surface area (Å²) in [7, 11) is 0. The molecule has 0 radical (unpaired) electrons. The van der Waals surface area contributed by atoms with E-state index in [0.717, 1.165) is 37.2 Å². The fourth-order valence-electron chi connectivity index (χ4n) is 5.53. The van der Waals surface area contributed by atoms with Gasteiger partial charge in [-0.1, -0.05) is 6.92 Å². The van der Waals surface area contributed by atoms with Crippen molar-refractivity contribution in [3.05, 3.63) is 0 Å². The molecule has 4 bridgehead atoms. The van der Waals surface area contributed by atoms with Gasteiger partial charge >= 0.3 is 5.97 Å². The molecule has 0 heterocycles. The smallest absolute Gasteiger partial charge is 0.313 e. The van der Waals surface area contributed by atoms with Gasteiger partial charge in [-0.2, -0.15) is 0 Å². The Morgan fingerprint density at radius 2 is 1.65 bits per heavy atom. The first kappa shape index (κ1) is 17.3. The van der Waals surface area contributed by atoms with Gasteiger partial charge in [-0.25, -0.2) is 0 Å². The fourth-order valence-corrected chi connectivity index (χ4v) is 5.53. The number of carbonyl (C=O) groups excluding carboxylic acids is 1. The predicted octanol–water partition coefficient (Wildman–Crippen LogP) is 4.93. The maximum atomic E-state index is 12.1. The van der Waals surface area contributed by atoms with Crippen LogP contribution in [0, 0.1) is 28.6 Å². The molecule has 1 atom stereocenters. The molecule has 3 heteroatoms. The van der Waals surface area contributed by atoms with E-state index in [9.17, 15) is 4.79 Å². The maximum absolute atomic E-state index is 12.1. The number of carbonyl (C=O) groups is 1. The Labute approximate surface area is 141 Å². The minimum absolute atomic E-state index is 0.151. The van der Waals surface area contributed by atoms with E-state index in [1.165, 1.54) is 38.5 Å². The Morgan fingerprint density at radius 3 is 2.13 bits per heavy atom. The van der Waals surface area contributed by atoms with Crippen LogP contribution in [0.15, 0.2) is 0 Å². The summed E-state index contributed by atoms with van der Waals surface area (Å²) in [6.45, 7) is 8.45. The molecule has 0 aromatic rings. The lowest BCUT2D eigenvalue weighted by molar-refractivity contribution is -0.187. The molecule has 0 aromatic heterocycles. The molecular formula is C20H34O3. The van der Waals surface area contributed by atoms with Crippen LogP contribution in [0.4, 0.5) is 0 Å². The predicted molar refractivity (Wildman–Crippen MR) is 90.8 cm³/mol. The van der Waals surface area contributed by atoms with Gasteiger partial charge in [-0.15, -0.1) is 0 Å². The third-order valence-corrected chi connectivity index (χ3v) is 6.86. The number of rotatable bonds is 7. The summed E-state index contributed by atoms with van der Waals surface area (Å²) in [6.07, 6.45) is 10.2. The van der Waals surface area contributed by atoms with Crippen LogP contribution < -0.4 is 0 Å². The van der Waals surface area contributed by atoms with Gasteiger partial charge < -0.3 is 9.47 Å². The van der Waals surface area contributed by atoms with E-state index in [1.807, 2.05) is 27.7 Å². The standard InChI is InChI=1S/C20H34O3/c1-5-19(3,4)18(21)23-14(2)22-7-6-20-11-15-8-16(12-20)10-17(9-15)13-20/h14-17H,5-13H2,1-4H3. The van der Waals surface area contributed by atoms with Crippen molar-refractivity contribution >= 4 is 5.97 Å². The van der Waals surface area contributed by atoms with Gasteiger partial charge in [-0.05, 0) is 95.3 Å². The van der Waals surface area contributed by atoms with Crippen molar-refractivity contribution in [3.63, 3.8) is 0 Å². The highest BCUT2D eigenvalue weighted by molar-refractivity contribution is 5.75. The SMILES string of the molecule is CCC(C)(C)C(=O)OC(C)OCCC12CC3CC(CC(C3)C1)C2. The molecule has 4 fully saturated rings. The van der Waals surface area contributed by atoms with Crippen molar-refractivity contribution in [1.29, 1.82) is 0 Å². The quantitative estimate of drug-likeness (QED) is 0.492. The molecule has 4 saturated carbocycles. The molecule has 0 aromatic carbocycles. The average Bonchev–Trinajstić information content (AvgIpc) is 2.45. The zero-order valence-corrected chi connectivity index (χ0v) is 15.4. The highest BCUT2D eigenvalue weighted by Gasteiger charge is 2.50. The molecule has 23 heavy (non-hydrogen) atoms. The highest BCUT2D eigenvalue weighted by atomic mass is 16.7. The monoisotopic (exact) mass is 322 g/mol. The zero-order chi connectivity index (χ0) is 16.7. The van der Waals surface area contributed by atoms with E-state index in [1.54, 1.807) is 0 Å². The number of hydrogen-bond donors (Lipinski definition) is 0. The second-order valence-corrected chi connectivity index (χ2v) is 9.25. The lowest BCUT2D eigenvalue weighted by Gasteiger charge is -2.57. The molecule has 0 aliphatic heterocycles. The normalized spacial score (nSPS) is 37.0. The second-order valence-electron chi connectivity index (χ2n) is 9.25. The molecule has 1 unspecified atom stereocenters. The molecule has 132 valence electrons. The average molecular weight is 322 g/mol. The molecule has 0 spiro atoms. The highest BCUT2D eigenvalue weighted by Crippen LogP contribution is 2.61. The van der Waals surface area contributed by atoms with E-state index >= 15 is 0 Å². The Hall–Kier alpha value is -0.570. The largest absolute Gasteiger partial charge is 0.436 e. The van der Waals surface area contributed by atoms with Gasteiger partial charge in [0, 0.05) is 0 Å². The number of esters is 1. The molecule has 0 saturated heterocycles. The van der Waals surface area contributed by atoms with Crippen LogP contribution in [0.3, 0.4) is 0 Å². The summed E-state index contributed by atoms with van der Waals surface area (Å²) in [5.74, 6) is 2.81. The number of hydrogen-bond acceptors (Lipinski definition) is 3. The first-order valence-electron chi connectivity index (χ1n) is 9.64. The first-order valence-corrected chi connectivity index (χ1v) is 9.64. The van der Waals surface area contributed by atoms with Crippen LogP contribution in [0.5, 0.6) is 0 Å². The summed E-state index contributed by atoms with van der Waals surface area (Å²) >= 11 is 0. The van der Waals surface area contributed by atoms with Crippen LogP contribution in [-0.2, 0) is 14.3 Å². The summed E-state index contributed by atoms with van der Waals surface area (Å²) in [4.78, 5) is 12.1. The summed E-state index contributed by atoms with van der Waals surface area (Å²) in [5, 5.41) is 0. The molecule has 4 aliphatic carbocycles. The topological polar surface area (TPSA) is 35.5 Å². The Balaban J connectivity index is 1.44. The number of ether oxygens (including phenoxy) is 2. The van der Waals surface area contributed by atoms with Crippen LogP contribution >= 0.6 is 0 Å². The van der Waals surface area contributed by atoms with E-state index < -0.39 is 11.7 Å². The lowest BCUT2D eigenvalue weighted by atomic mass is 9.49. The van der Waals surface area contributed by atoms with E-state index in [4.69, 9.17) is 9.47 Å². The van der Waals surface area contributed by atoms with Gasteiger partial charge in [0.15, 0.2) is 6.29 Å². The van der Waals surface area contributed by atoms with Crippen molar-refractivity contribution < 1.29 is 14.3 Å². The summed E-state index contributed by atoms with van der Waals surface area (Å²) in [5.41, 5.74) is 0.124. The third kappa shape index (κ3) is 3.75. The Kier molecular flexibility index (Phi) is 4.79. The minimum atomic E-state index is -0.428. The Bertz CT molecular complexity index is 405. The van der Waals surface area contributed by atoms with Gasteiger partial charge in [0.1, 0.15) is 0 Å². The maximum Gasteiger partial charge on any atom is 0.313 e. The van der Waals surface area contributed by atoms with Crippen LogP contribution in [-0.4, -0.2) is 18.9 Å². The van der Waals surface area contributed by atoms with Crippen molar-refractivity contribution in [3.8, 4) is 0 Å². The molecule has 0 N–H and O–H groups in total. The van der Waals surface area contributed by atoms with E-state index in [-0.39, 0.29) is 5.97 Å². The Morgan fingerprint density at radius 1 is 1.13 bits per heavy atom. The van der Waals surface area contributed by atoms with E-state index in [2.05, 4.69) is 0 Å². The summed E-state index contributed by atoms with van der Waals surface area (Å²) in [6, 6.07) is 0. The molecule has 4 aliphatic rings. The van der Waals surface area contributed by atoms with Crippen molar-refractivity contribution in [2.75, 3.05) is 6.61 Å². The molecular weight excluding hydrogens is 288 g/mol. The molecule has 3 nitrogen and oxygen atoms in total. The minimum Gasteiger partial charge on any atom is -0.436 e. The van der Waals surface area contributed by atoms with Gasteiger partial charge in [0.05, 0.1) is 12.0 Å². The van der Waals surface area contributed by atoms with Crippen LogP contribution in [0.1, 0.15) is 79.1 Å². The second kappa shape index (κ2) is 6.38. The van der Waals surface area contributed by atoms with Crippen molar-refractivity contribution in [1.82, 2.24) is 0 Å². The van der Waals surface area contributed by atoms with E-state index in [0.29, 0.717) is 5.41 Å². The van der Waals surface area contributed by atoms with Gasteiger partial charge in [0.2, 0.25) is 0 Å². The third-order valence-electron chi connectivity index (χ3n) is 6.86. The molecule has 0 amide bonds. The zero-order valence-electron chi connectivity index (χ0n) is 15.4. The van der Waals surface area contributed by atoms with Gasteiger partial charge in [0.25, 0.3) is 0 Å².